The molecule has 3 heterocycles. The Morgan fingerprint density at radius 1 is 1.61 bits per heavy atom. The molecule has 0 unspecified atom stereocenters. The molecule has 0 saturated carbocycles. The summed E-state index contributed by atoms with van der Waals surface area (Å²) in [6, 6.07) is 0. The first kappa shape index (κ1) is 11.7. The van der Waals surface area contributed by atoms with E-state index in [9.17, 15) is 9.90 Å². The maximum absolute atomic E-state index is 12.0. The minimum Gasteiger partial charge on any atom is -0.386 e. The van der Waals surface area contributed by atoms with Crippen molar-refractivity contribution in [2.45, 2.75) is 25.9 Å². The van der Waals surface area contributed by atoms with Crippen LogP contribution in [0.5, 0.6) is 0 Å². The highest BCUT2D eigenvalue weighted by molar-refractivity contribution is 7.15. The van der Waals surface area contributed by atoms with Gasteiger partial charge in [0.2, 0.25) is 5.91 Å². The van der Waals surface area contributed by atoms with E-state index in [2.05, 4.69) is 4.98 Å². The van der Waals surface area contributed by atoms with E-state index in [-0.39, 0.29) is 5.91 Å². The van der Waals surface area contributed by atoms with Crippen molar-refractivity contribution >= 4 is 22.2 Å². The summed E-state index contributed by atoms with van der Waals surface area (Å²) in [7, 11) is 0. The molecule has 0 bridgehead atoms. The number of rotatable bonds is 2. The molecule has 18 heavy (non-hydrogen) atoms. The summed E-state index contributed by atoms with van der Waals surface area (Å²) in [5.41, 5.74) is 1.22. The van der Waals surface area contributed by atoms with Gasteiger partial charge in [0.15, 0.2) is 4.96 Å². The molecule has 0 aromatic carbocycles. The third-order valence-electron chi connectivity index (χ3n) is 3.15. The molecule has 96 valence electrons. The summed E-state index contributed by atoms with van der Waals surface area (Å²) in [5.74, 6) is 0.0626. The van der Waals surface area contributed by atoms with Crippen molar-refractivity contribution in [1.82, 2.24) is 14.3 Å². The largest absolute Gasteiger partial charge is 0.386 e. The van der Waals surface area contributed by atoms with Crippen LogP contribution in [-0.2, 0) is 11.2 Å². The van der Waals surface area contributed by atoms with Crippen molar-refractivity contribution in [3.8, 4) is 0 Å². The Kier molecular flexibility index (Phi) is 2.46. The molecule has 1 fully saturated rings. The fraction of sp³-hybridized carbons (Fsp3) is 0.500. The topological polar surface area (TPSA) is 57.8 Å². The predicted molar refractivity (Wildman–Crippen MR) is 68.7 cm³/mol. The quantitative estimate of drug-likeness (QED) is 0.875. The van der Waals surface area contributed by atoms with Crippen LogP contribution in [0.1, 0.15) is 18.3 Å². The maximum Gasteiger partial charge on any atom is 0.228 e. The van der Waals surface area contributed by atoms with Gasteiger partial charge in [-0.15, -0.1) is 11.3 Å². The Hall–Kier alpha value is -1.40. The van der Waals surface area contributed by atoms with Gasteiger partial charge in [-0.3, -0.25) is 9.20 Å². The van der Waals surface area contributed by atoms with Crippen molar-refractivity contribution in [2.75, 3.05) is 13.1 Å². The van der Waals surface area contributed by atoms with Crippen LogP contribution in [0, 0.1) is 6.92 Å². The van der Waals surface area contributed by atoms with Crippen molar-refractivity contribution in [3.63, 3.8) is 0 Å². The monoisotopic (exact) mass is 265 g/mol. The number of fused-ring (bicyclic) bond motifs is 1. The second kappa shape index (κ2) is 3.80. The lowest BCUT2D eigenvalue weighted by Crippen LogP contribution is -2.62. The van der Waals surface area contributed by atoms with Crippen LogP contribution in [0.15, 0.2) is 11.6 Å². The van der Waals surface area contributed by atoms with Gasteiger partial charge >= 0.3 is 0 Å². The molecule has 0 spiro atoms. The van der Waals surface area contributed by atoms with Crippen molar-refractivity contribution < 1.29 is 9.90 Å². The minimum absolute atomic E-state index is 0.0626. The molecule has 5 nitrogen and oxygen atoms in total. The van der Waals surface area contributed by atoms with Gasteiger partial charge in [-0.25, -0.2) is 4.98 Å². The summed E-state index contributed by atoms with van der Waals surface area (Å²) in [6.07, 6.45) is 2.31. The van der Waals surface area contributed by atoms with E-state index in [4.69, 9.17) is 0 Å². The number of imidazole rings is 1. The van der Waals surface area contributed by atoms with E-state index in [0.29, 0.717) is 19.5 Å². The standard InChI is InChI=1S/C12H15N3O2S/c1-8-4-15-9(5-18-11(15)13-8)3-10(16)14-6-12(2,17)7-14/h4-5,17H,3,6-7H2,1-2H3. The number of aryl methyl sites for hydroxylation is 1. The first-order valence-corrected chi connectivity index (χ1v) is 6.75. The van der Waals surface area contributed by atoms with Crippen molar-refractivity contribution in [3.05, 3.63) is 23.0 Å². The predicted octanol–water partition coefficient (Wildman–Crippen LogP) is 0.840. The third-order valence-corrected chi connectivity index (χ3v) is 4.04. The molecule has 1 aliphatic rings. The molecular weight excluding hydrogens is 250 g/mol. The summed E-state index contributed by atoms with van der Waals surface area (Å²) in [5, 5.41) is 11.6. The average Bonchev–Trinajstić information content (AvgIpc) is 2.75. The fourth-order valence-electron chi connectivity index (χ4n) is 2.29. The lowest BCUT2D eigenvalue weighted by Gasteiger charge is -2.44. The zero-order valence-electron chi connectivity index (χ0n) is 10.4. The van der Waals surface area contributed by atoms with E-state index in [1.807, 2.05) is 22.9 Å². The minimum atomic E-state index is -0.703. The first-order chi connectivity index (χ1) is 8.44. The normalized spacial score (nSPS) is 18.1. The number of nitrogens with zero attached hydrogens (tertiary/aromatic N) is 3. The number of hydrogen-bond donors (Lipinski definition) is 1. The van der Waals surface area contributed by atoms with Crippen LogP contribution in [-0.4, -0.2) is 44.0 Å². The van der Waals surface area contributed by atoms with Crippen LogP contribution in [0.3, 0.4) is 0 Å². The Morgan fingerprint density at radius 2 is 2.33 bits per heavy atom. The molecule has 1 amide bonds. The Bertz CT molecular complexity index is 606. The number of aliphatic hydroxyl groups is 1. The van der Waals surface area contributed by atoms with E-state index >= 15 is 0 Å². The molecular formula is C12H15N3O2S. The number of thiazole rings is 1. The van der Waals surface area contributed by atoms with Gasteiger partial charge in [-0.1, -0.05) is 0 Å². The Balaban J connectivity index is 1.74. The summed E-state index contributed by atoms with van der Waals surface area (Å²) in [4.78, 5) is 19.0. The lowest BCUT2D eigenvalue weighted by atomic mass is 9.96. The highest BCUT2D eigenvalue weighted by atomic mass is 32.1. The molecule has 1 aliphatic heterocycles. The molecule has 2 aromatic rings. The lowest BCUT2D eigenvalue weighted by molar-refractivity contribution is -0.151. The molecule has 1 saturated heterocycles. The molecule has 2 aromatic heterocycles. The smallest absolute Gasteiger partial charge is 0.228 e. The Morgan fingerprint density at radius 3 is 3.00 bits per heavy atom. The zero-order chi connectivity index (χ0) is 12.9. The zero-order valence-corrected chi connectivity index (χ0v) is 11.2. The molecule has 1 N–H and O–H groups in total. The Labute approximate surface area is 109 Å². The molecule has 6 heteroatoms. The summed E-state index contributed by atoms with van der Waals surface area (Å²) >= 11 is 1.55. The summed E-state index contributed by atoms with van der Waals surface area (Å²) in [6.45, 7) is 4.56. The van der Waals surface area contributed by atoms with Gasteiger partial charge in [0.05, 0.1) is 30.8 Å². The number of hydrogen-bond acceptors (Lipinski definition) is 4. The van der Waals surface area contributed by atoms with Gasteiger partial charge < -0.3 is 10.0 Å². The van der Waals surface area contributed by atoms with E-state index in [1.165, 1.54) is 0 Å². The first-order valence-electron chi connectivity index (χ1n) is 5.87. The fourth-order valence-corrected chi connectivity index (χ4v) is 3.21. The second-order valence-corrected chi connectivity index (χ2v) is 6.02. The third kappa shape index (κ3) is 1.91. The maximum atomic E-state index is 12.0. The van der Waals surface area contributed by atoms with Gasteiger partial charge in [0.1, 0.15) is 0 Å². The number of carbonyl (C=O) groups is 1. The average molecular weight is 265 g/mol. The number of carbonyl (C=O) groups excluding carboxylic acids is 1. The van der Waals surface area contributed by atoms with Crippen molar-refractivity contribution in [1.29, 1.82) is 0 Å². The highest BCUT2D eigenvalue weighted by Gasteiger charge is 2.39. The highest BCUT2D eigenvalue weighted by Crippen LogP contribution is 2.22. The summed E-state index contributed by atoms with van der Waals surface area (Å²) < 4.78 is 1.97. The molecule has 0 aliphatic carbocycles. The number of likely N-dealkylation sites (tertiary alicyclic amines) is 1. The molecule has 0 radical (unpaired) electrons. The molecule has 3 rings (SSSR count). The molecule has 0 atom stereocenters. The van der Waals surface area contributed by atoms with Crippen molar-refractivity contribution in [2.24, 2.45) is 0 Å². The van der Waals surface area contributed by atoms with Crippen LogP contribution in [0.2, 0.25) is 0 Å². The van der Waals surface area contributed by atoms with Gasteiger partial charge in [0, 0.05) is 17.3 Å². The van der Waals surface area contributed by atoms with Crippen LogP contribution in [0.4, 0.5) is 0 Å². The number of aromatic nitrogens is 2. The van der Waals surface area contributed by atoms with Gasteiger partial charge in [0.25, 0.3) is 0 Å². The van der Waals surface area contributed by atoms with Crippen LogP contribution < -0.4 is 0 Å². The number of amides is 1. The van der Waals surface area contributed by atoms with Crippen LogP contribution in [0.25, 0.3) is 4.96 Å². The van der Waals surface area contributed by atoms with E-state index in [1.54, 1.807) is 23.2 Å². The SMILES string of the molecule is Cc1cn2c(CC(=O)N3CC(C)(O)C3)csc2n1. The second-order valence-electron chi connectivity index (χ2n) is 5.19. The van der Waals surface area contributed by atoms with Gasteiger partial charge in [-0.2, -0.15) is 0 Å². The van der Waals surface area contributed by atoms with E-state index in [0.717, 1.165) is 16.3 Å². The number of β-amino-alcohol motifs (C(OH)–C–C–N with tert-alkyl or cyclic N) is 1. The van der Waals surface area contributed by atoms with E-state index < -0.39 is 5.60 Å². The van der Waals surface area contributed by atoms with Gasteiger partial charge in [-0.05, 0) is 13.8 Å². The van der Waals surface area contributed by atoms with Crippen LogP contribution >= 0.6 is 11.3 Å².